The van der Waals surface area contributed by atoms with Gasteiger partial charge in [-0.1, -0.05) is 79.9 Å². The summed E-state index contributed by atoms with van der Waals surface area (Å²) >= 11 is 0. The van der Waals surface area contributed by atoms with Gasteiger partial charge in [-0.25, -0.2) is 4.79 Å². The molecule has 2 fully saturated rings. The van der Waals surface area contributed by atoms with Gasteiger partial charge in [0.1, 0.15) is 5.60 Å². The lowest BCUT2D eigenvalue weighted by molar-refractivity contribution is -0.124. The van der Waals surface area contributed by atoms with E-state index >= 15 is 0 Å². The van der Waals surface area contributed by atoms with Gasteiger partial charge in [-0.05, 0) is 56.4 Å². The van der Waals surface area contributed by atoms with Gasteiger partial charge in [0, 0.05) is 31.1 Å². The number of benzene rings is 2. The molecule has 2 aliphatic rings. The lowest BCUT2D eigenvalue weighted by atomic mass is 9.71. The second-order valence-corrected chi connectivity index (χ2v) is 12.4. The number of cyclic esters (lactones) is 1. The van der Waals surface area contributed by atoms with Gasteiger partial charge in [-0.2, -0.15) is 0 Å². The smallest absolute Gasteiger partial charge is 0.411 e. The fourth-order valence-electron chi connectivity index (χ4n) is 6.66. The first kappa shape index (κ1) is 28.8. The van der Waals surface area contributed by atoms with E-state index < -0.39 is 16.6 Å². The number of carbonyl (C=O) groups excluding carboxylic acids is 2. The number of aliphatic hydroxyl groups is 1. The molecule has 7 nitrogen and oxygen atoms in total. The molecule has 2 heterocycles. The molecule has 1 saturated heterocycles. The molecule has 216 valence electrons. The van der Waals surface area contributed by atoms with Crippen molar-refractivity contribution >= 4 is 12.0 Å². The van der Waals surface area contributed by atoms with Crippen molar-refractivity contribution in [3.8, 4) is 11.1 Å². The maximum atomic E-state index is 13.4. The van der Waals surface area contributed by atoms with Crippen molar-refractivity contribution in [1.29, 1.82) is 0 Å². The van der Waals surface area contributed by atoms with Crippen molar-refractivity contribution in [3.05, 3.63) is 89.7 Å². The van der Waals surface area contributed by atoms with Crippen LogP contribution in [0.3, 0.4) is 0 Å². The molecule has 1 aliphatic heterocycles. The predicted octanol–water partition coefficient (Wildman–Crippen LogP) is 6.40. The Morgan fingerprint density at radius 2 is 1.66 bits per heavy atom. The molecule has 1 aromatic heterocycles. The second-order valence-electron chi connectivity index (χ2n) is 12.4. The molecule has 41 heavy (non-hydrogen) atoms. The Balaban J connectivity index is 1.30. The number of amides is 2. The normalized spacial score (nSPS) is 21.7. The number of nitrogens with zero attached hydrogens (tertiary/aromatic N) is 2. The van der Waals surface area contributed by atoms with E-state index in [-0.39, 0.29) is 18.0 Å². The van der Waals surface area contributed by atoms with Crippen LogP contribution in [0.15, 0.2) is 72.9 Å². The van der Waals surface area contributed by atoms with Crippen LogP contribution in [0.25, 0.3) is 11.1 Å². The maximum Gasteiger partial charge on any atom is 0.411 e. The number of hydrogen-bond acceptors (Lipinski definition) is 5. The van der Waals surface area contributed by atoms with Crippen molar-refractivity contribution in [1.82, 2.24) is 9.88 Å². The molecule has 1 unspecified atom stereocenters. The van der Waals surface area contributed by atoms with E-state index in [1.54, 1.807) is 18.7 Å². The summed E-state index contributed by atoms with van der Waals surface area (Å²) in [5.41, 5.74) is 7.94. The summed E-state index contributed by atoms with van der Waals surface area (Å²) < 4.78 is 6.16. The largest absolute Gasteiger partial charge is 0.438 e. The Kier molecular flexibility index (Phi) is 7.93. The molecule has 2 atom stereocenters. The summed E-state index contributed by atoms with van der Waals surface area (Å²) in [7, 11) is 0. The van der Waals surface area contributed by atoms with E-state index in [1.807, 2.05) is 79.9 Å². The highest BCUT2D eigenvalue weighted by Gasteiger charge is 2.46. The van der Waals surface area contributed by atoms with Gasteiger partial charge in [0.05, 0.1) is 22.8 Å². The molecule has 1 aliphatic carbocycles. The lowest BCUT2D eigenvalue weighted by Gasteiger charge is -2.45. The molecule has 7 heteroatoms. The van der Waals surface area contributed by atoms with E-state index in [1.165, 1.54) is 0 Å². The summed E-state index contributed by atoms with van der Waals surface area (Å²) in [6.45, 7) is 6.01. The fraction of sp³-hybridized carbons (Fsp3) is 0.441. The minimum absolute atomic E-state index is 0.185. The van der Waals surface area contributed by atoms with Crippen molar-refractivity contribution < 1.29 is 19.4 Å². The number of ether oxygens (including phenoxy) is 1. The zero-order valence-electron chi connectivity index (χ0n) is 24.3. The van der Waals surface area contributed by atoms with Crippen LogP contribution < -0.4 is 5.73 Å². The van der Waals surface area contributed by atoms with Crippen LogP contribution in [-0.2, 0) is 20.5 Å². The Hall–Kier alpha value is -3.71. The summed E-state index contributed by atoms with van der Waals surface area (Å²) in [6, 6.07) is 21.6. The van der Waals surface area contributed by atoms with Crippen LogP contribution in [0.2, 0.25) is 0 Å². The van der Waals surface area contributed by atoms with E-state index in [0.717, 1.165) is 60.1 Å². The van der Waals surface area contributed by atoms with Crippen molar-refractivity contribution in [2.24, 2.45) is 5.73 Å². The van der Waals surface area contributed by atoms with Crippen LogP contribution in [0, 0.1) is 0 Å². The third-order valence-corrected chi connectivity index (χ3v) is 8.92. The highest BCUT2D eigenvalue weighted by molar-refractivity contribution is 5.86. The minimum atomic E-state index is -0.996. The predicted molar refractivity (Wildman–Crippen MR) is 159 cm³/mol. The van der Waals surface area contributed by atoms with Crippen LogP contribution in [0.4, 0.5) is 4.79 Å². The van der Waals surface area contributed by atoms with Crippen LogP contribution >= 0.6 is 0 Å². The standard InChI is InChI=1S/C34H41N3O4/c1-24(37-21-20-34(41-31(37)39,23-32(2,3)40)28-10-6-4-7-11-28)25-12-14-26(15-13-25)27-16-17-29(36-22-27)33(30(35)38)18-8-5-9-19-33/h4,6-7,10-17,22,24,40H,5,8-9,18-21,23H2,1-3H3,(H2,35,38)/t24-,34?/m0/s1. The SMILES string of the molecule is C[C@@H](c1ccc(-c2ccc(C3(C(N)=O)CCCCC3)nc2)cc1)N1CCC(CC(C)(C)O)(c2ccccc2)OC1=O. The summed E-state index contributed by atoms with van der Waals surface area (Å²) in [5, 5.41) is 10.6. The quantitative estimate of drug-likeness (QED) is 0.335. The Morgan fingerprint density at radius 3 is 2.22 bits per heavy atom. The van der Waals surface area contributed by atoms with Gasteiger partial charge in [-0.3, -0.25) is 9.78 Å². The average molecular weight is 556 g/mol. The summed E-state index contributed by atoms with van der Waals surface area (Å²) in [4.78, 5) is 32.2. The molecule has 1 saturated carbocycles. The molecular weight excluding hydrogens is 514 g/mol. The molecule has 3 N–H and O–H groups in total. The number of nitrogens with two attached hydrogens (primary N) is 1. The van der Waals surface area contributed by atoms with Crippen molar-refractivity contribution in [3.63, 3.8) is 0 Å². The van der Waals surface area contributed by atoms with Gasteiger partial charge in [-0.15, -0.1) is 0 Å². The monoisotopic (exact) mass is 555 g/mol. The number of aromatic nitrogens is 1. The Morgan fingerprint density at radius 1 is 1.00 bits per heavy atom. The van der Waals surface area contributed by atoms with Gasteiger partial charge in [0.25, 0.3) is 0 Å². The first-order chi connectivity index (χ1) is 19.5. The fourth-order valence-corrected chi connectivity index (χ4v) is 6.66. The van der Waals surface area contributed by atoms with Gasteiger partial charge in [0.2, 0.25) is 5.91 Å². The lowest BCUT2D eigenvalue weighted by Crippen LogP contribution is -2.51. The molecule has 2 aromatic carbocycles. The van der Waals surface area contributed by atoms with Gasteiger partial charge in [0.15, 0.2) is 0 Å². The zero-order chi connectivity index (χ0) is 29.3. The van der Waals surface area contributed by atoms with Crippen LogP contribution in [-0.4, -0.2) is 39.1 Å². The molecule has 0 radical (unpaired) electrons. The summed E-state index contributed by atoms with van der Waals surface area (Å²) in [5.74, 6) is -0.284. The van der Waals surface area contributed by atoms with Gasteiger partial charge < -0.3 is 20.5 Å². The first-order valence-electron chi connectivity index (χ1n) is 14.7. The molecular formula is C34H41N3O4. The first-order valence-corrected chi connectivity index (χ1v) is 14.7. The third kappa shape index (κ3) is 5.87. The number of rotatable bonds is 8. The highest BCUT2D eigenvalue weighted by atomic mass is 16.6. The van der Waals surface area contributed by atoms with Crippen molar-refractivity contribution in [2.75, 3.05) is 6.54 Å². The van der Waals surface area contributed by atoms with Crippen LogP contribution in [0.5, 0.6) is 0 Å². The molecule has 3 aromatic rings. The number of primary amides is 1. The zero-order valence-corrected chi connectivity index (χ0v) is 24.3. The van der Waals surface area contributed by atoms with Gasteiger partial charge >= 0.3 is 6.09 Å². The average Bonchev–Trinajstić information content (AvgIpc) is 2.97. The molecule has 0 spiro atoms. The number of carbonyl (C=O) groups is 2. The third-order valence-electron chi connectivity index (χ3n) is 8.92. The van der Waals surface area contributed by atoms with E-state index in [2.05, 4.69) is 4.98 Å². The molecule has 2 amide bonds. The number of hydrogen-bond donors (Lipinski definition) is 2. The maximum absolute atomic E-state index is 13.4. The minimum Gasteiger partial charge on any atom is -0.438 e. The topological polar surface area (TPSA) is 106 Å². The Labute approximate surface area is 242 Å². The van der Waals surface area contributed by atoms with E-state index in [9.17, 15) is 14.7 Å². The van der Waals surface area contributed by atoms with E-state index in [0.29, 0.717) is 19.4 Å². The van der Waals surface area contributed by atoms with Crippen molar-refractivity contribution in [2.45, 2.75) is 88.4 Å². The number of pyridine rings is 1. The highest BCUT2D eigenvalue weighted by Crippen LogP contribution is 2.43. The summed E-state index contributed by atoms with van der Waals surface area (Å²) in [6.07, 6.45) is 6.95. The van der Waals surface area contributed by atoms with Crippen LogP contribution in [0.1, 0.15) is 88.6 Å². The molecule has 5 rings (SSSR count). The Bertz CT molecular complexity index is 1360. The van der Waals surface area contributed by atoms with E-state index in [4.69, 9.17) is 10.5 Å². The molecule has 0 bridgehead atoms. The second kappa shape index (κ2) is 11.3.